The van der Waals surface area contributed by atoms with Gasteiger partial charge in [-0.3, -0.25) is 4.55 Å². The zero-order valence-corrected chi connectivity index (χ0v) is 25.3. The van der Waals surface area contributed by atoms with Gasteiger partial charge in [-0.2, -0.15) is 26.0 Å². The van der Waals surface area contributed by atoms with E-state index in [1.54, 1.807) is 24.3 Å². The van der Waals surface area contributed by atoms with E-state index in [4.69, 9.17) is 18.8 Å². The van der Waals surface area contributed by atoms with Crippen molar-refractivity contribution in [2.75, 3.05) is 0 Å². The lowest BCUT2D eigenvalue weighted by atomic mass is 9.81. The van der Waals surface area contributed by atoms with Gasteiger partial charge in [0.05, 0.1) is 17.8 Å². The van der Waals surface area contributed by atoms with E-state index in [-0.39, 0.29) is 19.4 Å². The van der Waals surface area contributed by atoms with Crippen molar-refractivity contribution in [3.8, 4) is 0 Å². The summed E-state index contributed by atoms with van der Waals surface area (Å²) in [4.78, 5) is 12.4. The Bertz CT molecular complexity index is 1380. The first-order valence-electron chi connectivity index (χ1n) is 11.9. The van der Waals surface area contributed by atoms with Gasteiger partial charge in [0.2, 0.25) is 0 Å². The molecular weight excluding hydrogens is 774 g/mol. The summed E-state index contributed by atoms with van der Waals surface area (Å²) < 4.78 is 107. The van der Waals surface area contributed by atoms with E-state index >= 15 is 0 Å². The molecule has 5 rings (SSSR count). The van der Waals surface area contributed by atoms with Crippen LogP contribution in [-0.4, -0.2) is 42.3 Å². The summed E-state index contributed by atoms with van der Waals surface area (Å²) in [5.74, 6) is -9.02. The van der Waals surface area contributed by atoms with Crippen LogP contribution in [0.1, 0.15) is 46.2 Å². The van der Waals surface area contributed by atoms with E-state index < -0.39 is 63.5 Å². The standard InChI is InChI=1S/C25H22F4I2O7S/c1-11-2-4-12(5-3-11)22(32)36-10-16-18(30)8-14(9-19(16)31)23-37-20-13-6-15(21(20)38-23)17(7-13)24(26,27)25(28,29)39(33,34)35/h2-5,8-9,13,15,17,20-21,23H,6-7,10H2,1H3,(H,33,34,35). The molecule has 2 bridgehead atoms. The predicted octanol–water partition coefficient (Wildman–Crippen LogP) is 6.12. The maximum absolute atomic E-state index is 14.7. The van der Waals surface area contributed by atoms with Gasteiger partial charge in [0, 0.05) is 24.2 Å². The van der Waals surface area contributed by atoms with Crippen molar-refractivity contribution in [1.82, 2.24) is 0 Å². The molecule has 2 aliphatic carbocycles. The summed E-state index contributed by atoms with van der Waals surface area (Å²) in [6.07, 6.45) is -2.71. The number of hydrogen-bond acceptors (Lipinski definition) is 6. The molecule has 7 nitrogen and oxygen atoms in total. The average Bonchev–Trinajstić information content (AvgIpc) is 3.55. The molecule has 1 saturated heterocycles. The molecule has 212 valence electrons. The van der Waals surface area contributed by atoms with Gasteiger partial charge in [0.1, 0.15) is 6.61 Å². The number of halogens is 6. The molecule has 6 unspecified atom stereocenters. The Morgan fingerprint density at radius 1 is 1.05 bits per heavy atom. The number of benzene rings is 2. The van der Waals surface area contributed by atoms with Crippen molar-refractivity contribution in [2.45, 2.75) is 56.0 Å². The number of aryl methyl sites for hydroxylation is 1. The molecule has 2 aromatic rings. The Labute approximate surface area is 249 Å². The van der Waals surface area contributed by atoms with Gasteiger partial charge < -0.3 is 14.2 Å². The third-order valence-electron chi connectivity index (χ3n) is 7.67. The van der Waals surface area contributed by atoms with Gasteiger partial charge in [-0.25, -0.2) is 4.79 Å². The first-order valence-corrected chi connectivity index (χ1v) is 15.5. The van der Waals surface area contributed by atoms with E-state index in [1.165, 1.54) is 0 Å². The summed E-state index contributed by atoms with van der Waals surface area (Å²) in [7, 11) is -6.32. The minimum atomic E-state index is -6.32. The number of carbonyl (C=O) groups excluding carboxylic acids is 1. The van der Waals surface area contributed by atoms with E-state index in [0.717, 1.165) is 18.3 Å². The second-order valence-electron chi connectivity index (χ2n) is 10.1. The van der Waals surface area contributed by atoms with Crippen LogP contribution >= 0.6 is 45.2 Å². The van der Waals surface area contributed by atoms with Crippen LogP contribution < -0.4 is 0 Å². The zero-order chi connectivity index (χ0) is 28.5. The number of fused-ring (bicyclic) bond motifs is 5. The topological polar surface area (TPSA) is 99.1 Å². The first-order chi connectivity index (χ1) is 18.1. The Balaban J connectivity index is 1.29. The smallest absolute Gasteiger partial charge is 0.431 e. The summed E-state index contributed by atoms with van der Waals surface area (Å²) >= 11 is 4.16. The van der Waals surface area contributed by atoms with Crippen molar-refractivity contribution in [3.63, 3.8) is 0 Å². The number of alkyl halides is 4. The molecule has 3 aliphatic rings. The SMILES string of the molecule is Cc1ccc(C(=O)OCc2c(I)cc(C3OC4C5CC(C4O3)C(C(F)(F)C(F)(F)S(=O)(=O)O)C5)cc2I)cc1. The fourth-order valence-electron chi connectivity index (χ4n) is 5.71. The molecule has 1 heterocycles. The molecular formula is C25H22F4I2O7S. The number of esters is 1. The second kappa shape index (κ2) is 10.3. The Morgan fingerprint density at radius 3 is 2.23 bits per heavy atom. The van der Waals surface area contributed by atoms with E-state index in [2.05, 4.69) is 45.2 Å². The van der Waals surface area contributed by atoms with E-state index in [9.17, 15) is 30.8 Å². The monoisotopic (exact) mass is 796 g/mol. The highest BCUT2D eigenvalue weighted by Crippen LogP contribution is 2.62. The molecule has 1 N–H and O–H groups in total. The van der Waals surface area contributed by atoms with Crippen LogP contribution in [0.15, 0.2) is 36.4 Å². The molecule has 2 saturated carbocycles. The second-order valence-corrected chi connectivity index (χ2v) is 13.8. The van der Waals surface area contributed by atoms with E-state index in [1.807, 2.05) is 19.1 Å². The van der Waals surface area contributed by atoms with Gasteiger partial charge in [-0.05, 0) is 101 Å². The van der Waals surface area contributed by atoms with Crippen molar-refractivity contribution < 1.29 is 49.5 Å². The van der Waals surface area contributed by atoms with Crippen LogP contribution in [0.2, 0.25) is 0 Å². The molecule has 2 aromatic carbocycles. The average molecular weight is 796 g/mol. The first kappa shape index (κ1) is 29.4. The van der Waals surface area contributed by atoms with Crippen molar-refractivity contribution >= 4 is 61.3 Å². The van der Waals surface area contributed by atoms with Gasteiger partial charge >= 0.3 is 27.3 Å². The Hall–Kier alpha value is -1.08. The summed E-state index contributed by atoms with van der Waals surface area (Å²) in [5, 5.41) is -5.62. The molecule has 0 radical (unpaired) electrons. The van der Waals surface area contributed by atoms with Crippen LogP contribution in [0, 0.1) is 31.8 Å². The third kappa shape index (κ3) is 5.10. The number of carbonyl (C=O) groups is 1. The van der Waals surface area contributed by atoms with Crippen molar-refractivity contribution in [1.29, 1.82) is 0 Å². The Kier molecular flexibility index (Phi) is 7.79. The normalized spacial score (nSPS) is 28.5. The molecule has 6 atom stereocenters. The fourth-order valence-corrected chi connectivity index (χ4v) is 8.33. The maximum atomic E-state index is 14.7. The molecule has 1 aliphatic heterocycles. The minimum Gasteiger partial charge on any atom is -0.457 e. The lowest BCUT2D eigenvalue weighted by molar-refractivity contribution is -0.210. The zero-order valence-electron chi connectivity index (χ0n) is 20.1. The lowest BCUT2D eigenvalue weighted by Gasteiger charge is -2.36. The van der Waals surface area contributed by atoms with Crippen LogP contribution in [-0.2, 0) is 30.9 Å². The van der Waals surface area contributed by atoms with Gasteiger partial charge in [-0.1, -0.05) is 17.7 Å². The number of rotatable bonds is 7. The highest BCUT2D eigenvalue weighted by atomic mass is 127. The number of ether oxygens (including phenoxy) is 3. The molecule has 0 aromatic heterocycles. The van der Waals surface area contributed by atoms with Crippen LogP contribution in [0.25, 0.3) is 0 Å². The highest BCUT2D eigenvalue weighted by molar-refractivity contribution is 14.1. The number of hydrogen-bond donors (Lipinski definition) is 1. The summed E-state index contributed by atoms with van der Waals surface area (Å²) in [6.45, 7) is 1.93. The quantitative estimate of drug-likeness (QED) is 0.156. The largest absolute Gasteiger partial charge is 0.457 e. The van der Waals surface area contributed by atoms with Crippen LogP contribution in [0.5, 0.6) is 0 Å². The maximum Gasteiger partial charge on any atom is 0.431 e. The minimum absolute atomic E-state index is 0.0179. The van der Waals surface area contributed by atoms with Crippen molar-refractivity contribution in [2.24, 2.45) is 17.8 Å². The summed E-state index contributed by atoms with van der Waals surface area (Å²) in [5.41, 5.74) is 2.78. The van der Waals surface area contributed by atoms with Crippen molar-refractivity contribution in [3.05, 3.63) is 65.8 Å². The molecule has 0 amide bonds. The molecule has 39 heavy (non-hydrogen) atoms. The Morgan fingerprint density at radius 2 is 1.64 bits per heavy atom. The van der Waals surface area contributed by atoms with Gasteiger partial charge in [0.25, 0.3) is 0 Å². The van der Waals surface area contributed by atoms with Crippen LogP contribution in [0.4, 0.5) is 17.6 Å². The third-order valence-corrected chi connectivity index (χ3v) is 10.5. The van der Waals surface area contributed by atoms with Gasteiger partial charge in [-0.15, -0.1) is 0 Å². The molecule has 14 heteroatoms. The molecule has 0 spiro atoms. The fraction of sp³-hybridized carbons (Fsp3) is 0.480. The highest BCUT2D eigenvalue weighted by Gasteiger charge is 2.74. The van der Waals surface area contributed by atoms with Crippen LogP contribution in [0.3, 0.4) is 0 Å². The van der Waals surface area contributed by atoms with Gasteiger partial charge in [0.15, 0.2) is 6.29 Å². The van der Waals surface area contributed by atoms with E-state index in [0.29, 0.717) is 11.1 Å². The molecule has 3 fully saturated rings. The predicted molar refractivity (Wildman–Crippen MR) is 146 cm³/mol. The summed E-state index contributed by atoms with van der Waals surface area (Å²) in [6, 6.07) is 10.5. The lowest BCUT2D eigenvalue weighted by Crippen LogP contribution is -2.55.